The summed E-state index contributed by atoms with van der Waals surface area (Å²) in [6.07, 6.45) is 2.15. The molecule has 0 radical (unpaired) electrons. The second-order valence-corrected chi connectivity index (χ2v) is 5.58. The average Bonchev–Trinajstić information content (AvgIpc) is 3.03. The van der Waals surface area contributed by atoms with Gasteiger partial charge in [-0.2, -0.15) is 0 Å². The van der Waals surface area contributed by atoms with Gasteiger partial charge in [-0.1, -0.05) is 19.9 Å². The van der Waals surface area contributed by atoms with Crippen molar-refractivity contribution < 1.29 is 0 Å². The molecular weight excluding hydrogens is 240 g/mol. The van der Waals surface area contributed by atoms with Crippen molar-refractivity contribution in [2.75, 3.05) is 0 Å². The first-order valence-corrected chi connectivity index (χ1v) is 7.19. The number of aromatic amines is 1. The van der Waals surface area contributed by atoms with E-state index in [1.165, 1.54) is 15.3 Å². The van der Waals surface area contributed by atoms with Gasteiger partial charge in [-0.3, -0.25) is 0 Å². The largest absolute Gasteiger partial charge is 0.337 e. The number of nitrogens with zero attached hydrogens (tertiary/aromatic N) is 1. The molecule has 0 unspecified atom stereocenters. The molecule has 3 aromatic rings. The molecule has 0 saturated carbocycles. The normalized spacial score (nSPS) is 11.2. The van der Waals surface area contributed by atoms with E-state index < -0.39 is 0 Å². The molecule has 92 valence electrons. The van der Waals surface area contributed by atoms with E-state index in [0.29, 0.717) is 0 Å². The number of aryl methyl sites for hydroxylation is 2. The lowest BCUT2D eigenvalue weighted by Crippen LogP contribution is -1.78. The van der Waals surface area contributed by atoms with Gasteiger partial charge in [0.25, 0.3) is 0 Å². The number of benzene rings is 1. The molecule has 18 heavy (non-hydrogen) atoms. The zero-order chi connectivity index (χ0) is 12.5. The molecule has 2 heterocycles. The Morgan fingerprint density at radius 2 is 2.00 bits per heavy atom. The van der Waals surface area contributed by atoms with Crippen LogP contribution in [0.25, 0.3) is 21.7 Å². The Morgan fingerprint density at radius 1 is 1.11 bits per heavy atom. The Balaban J connectivity index is 2.07. The van der Waals surface area contributed by atoms with Gasteiger partial charge in [0.05, 0.1) is 15.9 Å². The highest BCUT2D eigenvalue weighted by molar-refractivity contribution is 7.15. The Bertz CT molecular complexity index is 679. The summed E-state index contributed by atoms with van der Waals surface area (Å²) in [4.78, 5) is 10.7. The van der Waals surface area contributed by atoms with Crippen molar-refractivity contribution in [3.05, 3.63) is 40.8 Å². The van der Waals surface area contributed by atoms with Crippen LogP contribution < -0.4 is 0 Å². The van der Waals surface area contributed by atoms with Crippen molar-refractivity contribution in [1.82, 2.24) is 9.97 Å². The van der Waals surface area contributed by atoms with Gasteiger partial charge in [-0.15, -0.1) is 11.3 Å². The molecule has 1 N–H and O–H groups in total. The maximum Gasteiger partial charge on any atom is 0.148 e. The number of aromatic nitrogens is 2. The Labute approximate surface area is 111 Å². The van der Waals surface area contributed by atoms with Crippen molar-refractivity contribution in [2.45, 2.75) is 26.7 Å². The number of hydrogen-bond acceptors (Lipinski definition) is 2. The first kappa shape index (κ1) is 11.5. The van der Waals surface area contributed by atoms with E-state index in [1.807, 2.05) is 11.3 Å². The molecule has 3 rings (SSSR count). The molecule has 2 aromatic heterocycles. The number of hydrogen-bond donors (Lipinski definition) is 1. The smallest absolute Gasteiger partial charge is 0.148 e. The zero-order valence-corrected chi connectivity index (χ0v) is 11.5. The minimum atomic E-state index is 0.989. The second kappa shape index (κ2) is 4.58. The van der Waals surface area contributed by atoms with E-state index in [-0.39, 0.29) is 0 Å². The van der Waals surface area contributed by atoms with Gasteiger partial charge < -0.3 is 4.98 Å². The van der Waals surface area contributed by atoms with Crippen molar-refractivity contribution >= 4 is 22.4 Å². The predicted molar refractivity (Wildman–Crippen MR) is 78.2 cm³/mol. The molecule has 0 fully saturated rings. The summed E-state index contributed by atoms with van der Waals surface area (Å²) in [6, 6.07) is 10.8. The minimum absolute atomic E-state index is 0.989. The summed E-state index contributed by atoms with van der Waals surface area (Å²) in [7, 11) is 0. The first-order chi connectivity index (χ1) is 8.80. The fraction of sp³-hybridized carbons (Fsp3) is 0.267. The summed E-state index contributed by atoms with van der Waals surface area (Å²) in [6.45, 7) is 4.35. The molecule has 0 saturated heterocycles. The lowest BCUT2D eigenvalue weighted by atomic mass is 10.1. The van der Waals surface area contributed by atoms with Gasteiger partial charge in [0.2, 0.25) is 0 Å². The molecule has 0 amide bonds. The van der Waals surface area contributed by atoms with Crippen molar-refractivity contribution in [1.29, 1.82) is 0 Å². The quantitative estimate of drug-likeness (QED) is 0.738. The molecule has 0 aliphatic carbocycles. The van der Waals surface area contributed by atoms with Crippen LogP contribution in [0.4, 0.5) is 0 Å². The Kier molecular flexibility index (Phi) is 2.92. The third kappa shape index (κ3) is 1.95. The lowest BCUT2D eigenvalue weighted by molar-refractivity contribution is 1.14. The van der Waals surface area contributed by atoms with Crippen LogP contribution in [0.15, 0.2) is 30.3 Å². The van der Waals surface area contributed by atoms with E-state index >= 15 is 0 Å². The fourth-order valence-electron chi connectivity index (χ4n) is 2.09. The van der Waals surface area contributed by atoms with Gasteiger partial charge in [0.15, 0.2) is 0 Å². The van der Waals surface area contributed by atoms with Crippen LogP contribution in [0.2, 0.25) is 0 Å². The second-order valence-electron chi connectivity index (χ2n) is 4.41. The highest BCUT2D eigenvalue weighted by Crippen LogP contribution is 2.28. The number of nitrogens with one attached hydrogen (secondary N) is 1. The zero-order valence-electron chi connectivity index (χ0n) is 10.7. The van der Waals surface area contributed by atoms with Crippen LogP contribution in [0.3, 0.4) is 0 Å². The first-order valence-electron chi connectivity index (χ1n) is 6.38. The fourth-order valence-corrected chi connectivity index (χ4v) is 2.98. The van der Waals surface area contributed by atoms with Gasteiger partial charge in [-0.25, -0.2) is 4.98 Å². The number of imidazole rings is 1. The van der Waals surface area contributed by atoms with Gasteiger partial charge in [-0.05, 0) is 42.7 Å². The van der Waals surface area contributed by atoms with Gasteiger partial charge in [0, 0.05) is 4.88 Å². The van der Waals surface area contributed by atoms with Crippen molar-refractivity contribution in [3.8, 4) is 10.7 Å². The third-order valence-electron chi connectivity index (χ3n) is 3.20. The molecule has 2 nitrogen and oxygen atoms in total. The maximum absolute atomic E-state index is 4.66. The van der Waals surface area contributed by atoms with Crippen LogP contribution in [0.1, 0.15) is 24.3 Å². The van der Waals surface area contributed by atoms with E-state index in [0.717, 1.165) is 29.7 Å². The number of thiophene rings is 1. The van der Waals surface area contributed by atoms with Crippen LogP contribution in [0, 0.1) is 0 Å². The molecule has 0 bridgehead atoms. The third-order valence-corrected chi connectivity index (χ3v) is 4.43. The standard InChI is InChI=1S/C15H16N2S/c1-3-10-5-7-12-13(9-10)17-15(16-12)14-8-6-11(4-2)18-14/h5-9H,3-4H2,1-2H3,(H,16,17). The maximum atomic E-state index is 4.66. The van der Waals surface area contributed by atoms with Crippen LogP contribution in [0.5, 0.6) is 0 Å². The molecule has 0 atom stereocenters. The van der Waals surface area contributed by atoms with Crippen molar-refractivity contribution in [2.24, 2.45) is 0 Å². The topological polar surface area (TPSA) is 28.7 Å². The molecular formula is C15H16N2S. The van der Waals surface area contributed by atoms with Gasteiger partial charge >= 0.3 is 0 Å². The summed E-state index contributed by atoms with van der Waals surface area (Å²) >= 11 is 1.82. The average molecular weight is 256 g/mol. The summed E-state index contributed by atoms with van der Waals surface area (Å²) in [5.74, 6) is 0.989. The highest BCUT2D eigenvalue weighted by Gasteiger charge is 2.07. The summed E-state index contributed by atoms with van der Waals surface area (Å²) in [5, 5.41) is 0. The number of rotatable bonds is 3. The summed E-state index contributed by atoms with van der Waals surface area (Å²) < 4.78 is 0. The van der Waals surface area contributed by atoms with Crippen molar-refractivity contribution in [3.63, 3.8) is 0 Å². The van der Waals surface area contributed by atoms with Crippen LogP contribution in [-0.2, 0) is 12.8 Å². The van der Waals surface area contributed by atoms with Gasteiger partial charge in [0.1, 0.15) is 5.82 Å². The molecule has 1 aromatic carbocycles. The molecule has 0 aliphatic rings. The summed E-state index contributed by atoms with van der Waals surface area (Å²) in [5.41, 5.74) is 3.53. The predicted octanol–water partition coefficient (Wildman–Crippen LogP) is 4.42. The molecule has 0 aliphatic heterocycles. The van der Waals surface area contributed by atoms with E-state index in [9.17, 15) is 0 Å². The highest BCUT2D eigenvalue weighted by atomic mass is 32.1. The van der Waals surface area contributed by atoms with Crippen LogP contribution in [-0.4, -0.2) is 9.97 Å². The molecule has 0 spiro atoms. The van der Waals surface area contributed by atoms with Crippen LogP contribution >= 0.6 is 11.3 Å². The number of fused-ring (bicyclic) bond motifs is 1. The van der Waals surface area contributed by atoms with E-state index in [4.69, 9.17) is 0 Å². The Morgan fingerprint density at radius 3 is 2.72 bits per heavy atom. The Hall–Kier alpha value is -1.61. The van der Waals surface area contributed by atoms with E-state index in [1.54, 1.807) is 0 Å². The lowest BCUT2D eigenvalue weighted by Gasteiger charge is -1.93. The van der Waals surface area contributed by atoms with E-state index in [2.05, 4.69) is 54.1 Å². The monoisotopic (exact) mass is 256 g/mol. The SMILES string of the molecule is CCc1ccc2nc(-c3ccc(CC)s3)[nH]c2c1. The number of H-pyrrole nitrogens is 1. The minimum Gasteiger partial charge on any atom is -0.337 e. The molecule has 3 heteroatoms.